The summed E-state index contributed by atoms with van der Waals surface area (Å²) < 4.78 is 36.5. The number of nitrogens with one attached hydrogen (secondary N) is 1. The third-order valence-electron chi connectivity index (χ3n) is 5.84. The van der Waals surface area contributed by atoms with Crippen LogP contribution in [-0.2, 0) is 9.73 Å². The van der Waals surface area contributed by atoms with Gasteiger partial charge in [-0.2, -0.15) is 4.36 Å². The Morgan fingerprint density at radius 3 is 2.66 bits per heavy atom. The van der Waals surface area contributed by atoms with Gasteiger partial charge in [-0.3, -0.25) is 0 Å². The molecule has 2 unspecified atom stereocenters. The van der Waals surface area contributed by atoms with Crippen molar-refractivity contribution in [2.75, 3.05) is 17.8 Å². The topological polar surface area (TPSA) is 96.7 Å². The van der Waals surface area contributed by atoms with E-state index in [9.17, 15) is 13.7 Å². The van der Waals surface area contributed by atoms with E-state index in [1.54, 1.807) is 24.6 Å². The number of ether oxygens (including phenoxy) is 1. The lowest BCUT2D eigenvalue weighted by molar-refractivity contribution is -0.134. The van der Waals surface area contributed by atoms with Crippen LogP contribution in [0.1, 0.15) is 25.8 Å². The van der Waals surface area contributed by atoms with Gasteiger partial charge in [0.25, 0.3) is 0 Å². The molecule has 32 heavy (non-hydrogen) atoms. The largest absolute Gasteiger partial charge is 0.487 e. The van der Waals surface area contributed by atoms with Crippen LogP contribution < -0.4 is 10.1 Å². The lowest BCUT2D eigenvalue weighted by atomic mass is 9.66. The molecule has 2 N–H and O–H groups in total. The third kappa shape index (κ3) is 4.40. The summed E-state index contributed by atoms with van der Waals surface area (Å²) in [5.41, 5.74) is 2.24. The monoisotopic (exact) mass is 458 g/mol. The maximum atomic E-state index is 14.0. The average molecular weight is 459 g/mol. The summed E-state index contributed by atoms with van der Waals surface area (Å²) in [6, 6.07) is 7.88. The second-order valence-corrected chi connectivity index (χ2v) is 11.6. The van der Waals surface area contributed by atoms with Gasteiger partial charge in [0.1, 0.15) is 29.8 Å². The Morgan fingerprint density at radius 2 is 2.00 bits per heavy atom. The van der Waals surface area contributed by atoms with Gasteiger partial charge in [0.2, 0.25) is 0 Å². The van der Waals surface area contributed by atoms with Gasteiger partial charge >= 0.3 is 0 Å². The summed E-state index contributed by atoms with van der Waals surface area (Å²) in [5, 5.41) is 14.0. The highest BCUT2D eigenvalue weighted by atomic mass is 32.2. The molecule has 0 amide bonds. The van der Waals surface area contributed by atoms with E-state index in [2.05, 4.69) is 19.6 Å². The van der Waals surface area contributed by atoms with Crippen molar-refractivity contribution in [3.05, 3.63) is 48.0 Å². The van der Waals surface area contributed by atoms with Crippen LogP contribution in [-0.4, -0.2) is 44.0 Å². The lowest BCUT2D eigenvalue weighted by Crippen LogP contribution is -2.56. The highest BCUT2D eigenvalue weighted by Gasteiger charge is 2.49. The molecule has 9 heteroatoms. The molecule has 1 heterocycles. The Kier molecular flexibility index (Phi) is 5.58. The molecule has 3 aromatic rings. The van der Waals surface area contributed by atoms with E-state index in [4.69, 9.17) is 4.74 Å². The number of rotatable bonds is 5. The molecule has 0 saturated heterocycles. The number of halogens is 1. The Bertz CT molecular complexity index is 1310. The SMILES string of the molecule is Cc1cc(N=S(C)(C)=O)cc2ncnc(Nc3ccc(F)cc3OC3CC(O)C3(C)C)c12. The van der Waals surface area contributed by atoms with E-state index < -0.39 is 27.1 Å². The van der Waals surface area contributed by atoms with Crippen molar-refractivity contribution < 1.29 is 18.4 Å². The second-order valence-electron chi connectivity index (χ2n) is 9.10. The third-order valence-corrected chi connectivity index (χ3v) is 6.49. The minimum atomic E-state index is -2.31. The van der Waals surface area contributed by atoms with Crippen LogP contribution in [0.25, 0.3) is 10.9 Å². The molecule has 0 bridgehead atoms. The van der Waals surface area contributed by atoms with Gasteiger partial charge in [-0.05, 0) is 36.8 Å². The van der Waals surface area contributed by atoms with E-state index in [1.807, 2.05) is 26.8 Å². The quantitative estimate of drug-likeness (QED) is 0.574. The Hall–Kier alpha value is -2.78. The molecule has 1 aliphatic carbocycles. The molecule has 0 aliphatic heterocycles. The van der Waals surface area contributed by atoms with Crippen molar-refractivity contribution in [2.45, 2.75) is 39.4 Å². The summed E-state index contributed by atoms with van der Waals surface area (Å²) in [4.78, 5) is 8.73. The molecule has 0 radical (unpaired) electrons. The summed E-state index contributed by atoms with van der Waals surface area (Å²) >= 11 is 0. The minimum absolute atomic E-state index is 0.231. The number of hydrogen-bond donors (Lipinski definition) is 2. The smallest absolute Gasteiger partial charge is 0.146 e. The van der Waals surface area contributed by atoms with Crippen LogP contribution in [0.5, 0.6) is 5.75 Å². The number of aromatic nitrogens is 2. The fourth-order valence-corrected chi connectivity index (χ4v) is 4.43. The van der Waals surface area contributed by atoms with Crippen molar-refractivity contribution in [1.29, 1.82) is 0 Å². The first-order chi connectivity index (χ1) is 14.9. The molecule has 2 atom stereocenters. The predicted octanol–water partition coefficient (Wildman–Crippen LogP) is 4.72. The molecular weight excluding hydrogens is 431 g/mol. The average Bonchev–Trinajstić information content (AvgIpc) is 2.68. The zero-order chi connectivity index (χ0) is 23.3. The van der Waals surface area contributed by atoms with Crippen molar-refractivity contribution in [2.24, 2.45) is 9.78 Å². The zero-order valence-electron chi connectivity index (χ0n) is 18.7. The van der Waals surface area contributed by atoms with E-state index in [-0.39, 0.29) is 6.10 Å². The van der Waals surface area contributed by atoms with Crippen molar-refractivity contribution in [3.63, 3.8) is 0 Å². The molecule has 4 rings (SSSR count). The van der Waals surface area contributed by atoms with E-state index >= 15 is 0 Å². The predicted molar refractivity (Wildman–Crippen MR) is 125 cm³/mol. The molecule has 7 nitrogen and oxygen atoms in total. The normalized spacial score (nSPS) is 20.0. The molecule has 1 aliphatic rings. The van der Waals surface area contributed by atoms with Crippen molar-refractivity contribution in [3.8, 4) is 5.75 Å². The number of aliphatic hydroxyl groups excluding tert-OH is 1. The summed E-state index contributed by atoms with van der Waals surface area (Å²) in [6.07, 6.45) is 4.40. The lowest BCUT2D eigenvalue weighted by Gasteiger charge is -2.48. The van der Waals surface area contributed by atoms with Gasteiger partial charge in [-0.25, -0.2) is 18.6 Å². The molecule has 2 aromatic carbocycles. The molecule has 1 saturated carbocycles. The molecule has 1 aromatic heterocycles. The van der Waals surface area contributed by atoms with Gasteiger partial charge in [0, 0.05) is 45.5 Å². The van der Waals surface area contributed by atoms with Gasteiger partial charge < -0.3 is 15.2 Å². The highest BCUT2D eigenvalue weighted by Crippen LogP contribution is 2.44. The molecule has 170 valence electrons. The van der Waals surface area contributed by atoms with Gasteiger partial charge in [-0.1, -0.05) is 13.8 Å². The fraction of sp³-hybridized carbons (Fsp3) is 0.391. The highest BCUT2D eigenvalue weighted by molar-refractivity contribution is 7.92. The summed E-state index contributed by atoms with van der Waals surface area (Å²) in [6.45, 7) is 5.75. The first-order valence-electron chi connectivity index (χ1n) is 10.3. The van der Waals surface area contributed by atoms with E-state index in [0.29, 0.717) is 34.9 Å². The number of anilines is 2. The Labute approximate surface area is 187 Å². The number of nitrogens with zero attached hydrogens (tertiary/aromatic N) is 3. The summed E-state index contributed by atoms with van der Waals surface area (Å²) in [5.74, 6) is 0.473. The first kappa shape index (κ1) is 22.4. The number of aliphatic hydroxyl groups is 1. The fourth-order valence-electron chi connectivity index (χ4n) is 3.82. The first-order valence-corrected chi connectivity index (χ1v) is 12.6. The second kappa shape index (κ2) is 7.97. The maximum Gasteiger partial charge on any atom is 0.146 e. The van der Waals surface area contributed by atoms with Gasteiger partial charge in [-0.15, -0.1) is 0 Å². The van der Waals surface area contributed by atoms with E-state index in [0.717, 1.165) is 10.9 Å². The standard InChI is InChI=1S/C23H27FN4O3S/c1-13-8-15(28-32(4,5)30)10-17-21(13)22(26-12-25-17)27-16-7-6-14(24)9-18(16)31-20-11-19(29)23(20,2)3/h6-10,12,19-20,29H,11H2,1-5H3,(H,25,26,27). The van der Waals surface area contributed by atoms with Crippen LogP contribution in [0.2, 0.25) is 0 Å². The van der Waals surface area contributed by atoms with Crippen LogP contribution in [0.15, 0.2) is 41.0 Å². The van der Waals surface area contributed by atoms with E-state index in [1.165, 1.54) is 18.5 Å². The Balaban J connectivity index is 1.72. The van der Waals surface area contributed by atoms with Crippen LogP contribution in [0.3, 0.4) is 0 Å². The number of aryl methyl sites for hydroxylation is 1. The molecule has 0 spiro atoms. The van der Waals surface area contributed by atoms with Crippen LogP contribution >= 0.6 is 0 Å². The number of hydrogen-bond acceptors (Lipinski definition) is 7. The number of benzene rings is 2. The minimum Gasteiger partial charge on any atom is -0.487 e. The molecule has 1 fully saturated rings. The van der Waals surface area contributed by atoms with Gasteiger partial charge in [0.05, 0.1) is 23.0 Å². The van der Waals surface area contributed by atoms with Crippen LogP contribution in [0, 0.1) is 18.2 Å². The molecular formula is C23H27FN4O3S. The Morgan fingerprint density at radius 1 is 1.25 bits per heavy atom. The number of fused-ring (bicyclic) bond motifs is 1. The van der Waals surface area contributed by atoms with Crippen molar-refractivity contribution in [1.82, 2.24) is 9.97 Å². The summed E-state index contributed by atoms with van der Waals surface area (Å²) in [7, 11) is -2.31. The van der Waals surface area contributed by atoms with Crippen molar-refractivity contribution >= 4 is 37.8 Å². The van der Waals surface area contributed by atoms with Crippen LogP contribution in [0.4, 0.5) is 21.6 Å². The van der Waals surface area contributed by atoms with Gasteiger partial charge in [0.15, 0.2) is 0 Å². The maximum absolute atomic E-state index is 14.0. The zero-order valence-corrected chi connectivity index (χ0v) is 19.5.